The van der Waals surface area contributed by atoms with Crippen molar-refractivity contribution in [2.75, 3.05) is 5.73 Å². The number of fused-ring (bicyclic) bond motifs is 1. The predicted molar refractivity (Wildman–Crippen MR) is 85.4 cm³/mol. The maximum absolute atomic E-state index is 12.5. The Morgan fingerprint density at radius 1 is 1.36 bits per heavy atom. The van der Waals surface area contributed by atoms with Crippen LogP contribution in [-0.2, 0) is 4.79 Å². The standard InChI is InChI=1S/C17H17N3O2/c1-10-5-6-14(15(21)9-10)20-17(22)12-4-2-3-11-13(18)7-8-19-16(11)12/h2-4,7-8,14H,1,5-6,9H2,(H2,18,19)(H,20,22). The van der Waals surface area contributed by atoms with Crippen molar-refractivity contribution in [3.63, 3.8) is 0 Å². The van der Waals surface area contributed by atoms with E-state index < -0.39 is 6.04 Å². The number of ketones is 1. The molecule has 0 radical (unpaired) electrons. The number of rotatable bonds is 2. The van der Waals surface area contributed by atoms with Gasteiger partial charge < -0.3 is 11.1 Å². The minimum Gasteiger partial charge on any atom is -0.398 e. The number of nitrogens with one attached hydrogen (secondary N) is 1. The van der Waals surface area contributed by atoms with Crippen LogP contribution in [0.25, 0.3) is 10.9 Å². The number of hydrogen-bond donors (Lipinski definition) is 2. The van der Waals surface area contributed by atoms with Gasteiger partial charge in [0, 0.05) is 23.7 Å². The highest BCUT2D eigenvalue weighted by Gasteiger charge is 2.26. The van der Waals surface area contributed by atoms with Crippen molar-refractivity contribution in [1.29, 1.82) is 0 Å². The number of Topliss-reactive ketones (excluding diaryl/α,β-unsaturated/α-hetero) is 1. The molecule has 1 unspecified atom stereocenters. The van der Waals surface area contributed by atoms with Crippen LogP contribution < -0.4 is 11.1 Å². The fourth-order valence-corrected chi connectivity index (χ4v) is 2.74. The van der Waals surface area contributed by atoms with E-state index in [1.54, 1.807) is 24.4 Å². The number of para-hydroxylation sites is 1. The number of amides is 1. The van der Waals surface area contributed by atoms with E-state index in [-0.39, 0.29) is 11.7 Å². The number of carbonyl (C=O) groups is 2. The molecule has 0 aliphatic heterocycles. The highest BCUT2D eigenvalue weighted by Crippen LogP contribution is 2.23. The van der Waals surface area contributed by atoms with Gasteiger partial charge in [0.05, 0.1) is 17.1 Å². The molecule has 3 rings (SSSR count). The van der Waals surface area contributed by atoms with E-state index in [1.807, 2.05) is 6.07 Å². The van der Waals surface area contributed by atoms with Crippen LogP contribution in [0.5, 0.6) is 0 Å². The Hall–Kier alpha value is -2.69. The smallest absolute Gasteiger partial charge is 0.254 e. The molecule has 1 aromatic carbocycles. The van der Waals surface area contributed by atoms with Crippen molar-refractivity contribution in [3.05, 3.63) is 48.2 Å². The quantitative estimate of drug-likeness (QED) is 0.832. The minimum atomic E-state index is -0.450. The maximum atomic E-state index is 12.5. The van der Waals surface area contributed by atoms with Crippen molar-refractivity contribution in [2.24, 2.45) is 0 Å². The lowest BCUT2D eigenvalue weighted by Crippen LogP contribution is -2.42. The zero-order chi connectivity index (χ0) is 15.7. The molecule has 1 amide bonds. The lowest BCUT2D eigenvalue weighted by Gasteiger charge is -2.23. The first-order valence-corrected chi connectivity index (χ1v) is 7.19. The van der Waals surface area contributed by atoms with Crippen molar-refractivity contribution < 1.29 is 9.59 Å². The number of nitrogen functional groups attached to an aromatic ring is 1. The molecule has 5 nitrogen and oxygen atoms in total. The summed E-state index contributed by atoms with van der Waals surface area (Å²) in [5, 5.41) is 3.54. The molecule has 2 aromatic rings. The lowest BCUT2D eigenvalue weighted by molar-refractivity contribution is -0.121. The topological polar surface area (TPSA) is 85.1 Å². The van der Waals surface area contributed by atoms with Crippen LogP contribution in [0.1, 0.15) is 29.6 Å². The molecule has 0 saturated heterocycles. The summed E-state index contributed by atoms with van der Waals surface area (Å²) >= 11 is 0. The molecule has 1 saturated carbocycles. The molecule has 1 heterocycles. The average Bonchev–Trinajstić information content (AvgIpc) is 2.50. The highest BCUT2D eigenvalue weighted by molar-refractivity contribution is 6.09. The monoisotopic (exact) mass is 295 g/mol. The summed E-state index contributed by atoms with van der Waals surface area (Å²) in [4.78, 5) is 28.7. The van der Waals surface area contributed by atoms with Gasteiger partial charge in [-0.05, 0) is 25.0 Å². The van der Waals surface area contributed by atoms with E-state index in [0.717, 1.165) is 17.4 Å². The SMILES string of the molecule is C=C1CCC(NC(=O)c2cccc3c(N)ccnc23)C(=O)C1. The van der Waals surface area contributed by atoms with E-state index in [2.05, 4.69) is 16.9 Å². The minimum absolute atomic E-state index is 0.0114. The Balaban J connectivity index is 1.88. The first kappa shape index (κ1) is 14.3. The fourth-order valence-electron chi connectivity index (χ4n) is 2.74. The van der Waals surface area contributed by atoms with Gasteiger partial charge in [-0.15, -0.1) is 0 Å². The second-order valence-electron chi connectivity index (χ2n) is 5.56. The first-order chi connectivity index (χ1) is 10.6. The summed E-state index contributed by atoms with van der Waals surface area (Å²) < 4.78 is 0. The van der Waals surface area contributed by atoms with Gasteiger partial charge in [-0.25, -0.2) is 0 Å². The van der Waals surface area contributed by atoms with Gasteiger partial charge in [0.2, 0.25) is 0 Å². The summed E-state index contributed by atoms with van der Waals surface area (Å²) in [6, 6.07) is 6.52. The molecule has 3 N–H and O–H groups in total. The largest absolute Gasteiger partial charge is 0.398 e. The molecular weight excluding hydrogens is 278 g/mol. The van der Waals surface area contributed by atoms with Crippen molar-refractivity contribution >= 4 is 28.3 Å². The first-order valence-electron chi connectivity index (χ1n) is 7.19. The summed E-state index contributed by atoms with van der Waals surface area (Å²) in [5.41, 5.74) is 8.39. The molecule has 1 aliphatic carbocycles. The van der Waals surface area contributed by atoms with Gasteiger partial charge in [0.1, 0.15) is 0 Å². The summed E-state index contributed by atoms with van der Waals surface area (Å²) in [5.74, 6) is -0.285. The number of carbonyl (C=O) groups excluding carboxylic acids is 2. The van der Waals surface area contributed by atoms with E-state index >= 15 is 0 Å². The van der Waals surface area contributed by atoms with Gasteiger partial charge in [0.15, 0.2) is 5.78 Å². The van der Waals surface area contributed by atoms with Crippen molar-refractivity contribution in [2.45, 2.75) is 25.3 Å². The molecule has 1 aliphatic rings. The Morgan fingerprint density at radius 2 is 2.18 bits per heavy atom. The predicted octanol–water partition coefficient (Wildman–Crippen LogP) is 2.22. The number of nitrogens with zero attached hydrogens (tertiary/aromatic N) is 1. The van der Waals surface area contributed by atoms with Gasteiger partial charge in [-0.1, -0.05) is 24.3 Å². The highest BCUT2D eigenvalue weighted by atomic mass is 16.2. The van der Waals surface area contributed by atoms with Gasteiger partial charge in [-0.2, -0.15) is 0 Å². The van der Waals surface area contributed by atoms with Gasteiger partial charge >= 0.3 is 0 Å². The molecule has 1 fully saturated rings. The molecule has 1 aromatic heterocycles. The maximum Gasteiger partial charge on any atom is 0.254 e. The second-order valence-corrected chi connectivity index (χ2v) is 5.56. The molecule has 0 spiro atoms. The van der Waals surface area contributed by atoms with E-state index in [9.17, 15) is 9.59 Å². The Labute approximate surface area is 128 Å². The van der Waals surface area contributed by atoms with Crippen LogP contribution in [-0.4, -0.2) is 22.7 Å². The second kappa shape index (κ2) is 5.60. The van der Waals surface area contributed by atoms with Crippen molar-refractivity contribution in [3.8, 4) is 0 Å². The van der Waals surface area contributed by atoms with Crippen LogP contribution in [0.15, 0.2) is 42.6 Å². The molecule has 1 atom stereocenters. The lowest BCUT2D eigenvalue weighted by atomic mass is 9.90. The average molecular weight is 295 g/mol. The van der Waals surface area contributed by atoms with Crippen LogP contribution in [0.3, 0.4) is 0 Å². The molecular formula is C17H17N3O2. The number of hydrogen-bond acceptors (Lipinski definition) is 4. The Bertz CT molecular complexity index is 783. The summed E-state index contributed by atoms with van der Waals surface area (Å²) in [6.45, 7) is 3.83. The third kappa shape index (κ3) is 2.57. The Morgan fingerprint density at radius 3 is 2.95 bits per heavy atom. The normalized spacial score (nSPS) is 18.5. The van der Waals surface area contributed by atoms with Crippen LogP contribution in [0, 0.1) is 0 Å². The van der Waals surface area contributed by atoms with E-state index in [4.69, 9.17) is 5.73 Å². The summed E-state index contributed by atoms with van der Waals surface area (Å²) in [6.07, 6.45) is 3.27. The van der Waals surface area contributed by atoms with Crippen molar-refractivity contribution in [1.82, 2.24) is 10.3 Å². The third-order valence-electron chi connectivity index (χ3n) is 3.95. The van der Waals surface area contributed by atoms with Crippen LogP contribution in [0.2, 0.25) is 0 Å². The molecule has 0 bridgehead atoms. The Kier molecular flexibility index (Phi) is 3.63. The van der Waals surface area contributed by atoms with E-state index in [0.29, 0.717) is 29.6 Å². The fraction of sp³-hybridized carbons (Fsp3) is 0.235. The van der Waals surface area contributed by atoms with Crippen LogP contribution >= 0.6 is 0 Å². The number of anilines is 1. The third-order valence-corrected chi connectivity index (χ3v) is 3.95. The number of benzene rings is 1. The number of allylic oxidation sites excluding steroid dienone is 1. The van der Waals surface area contributed by atoms with Crippen LogP contribution in [0.4, 0.5) is 5.69 Å². The number of aromatic nitrogens is 1. The molecule has 5 heteroatoms. The molecule has 112 valence electrons. The summed E-state index contributed by atoms with van der Waals surface area (Å²) in [7, 11) is 0. The number of nitrogens with two attached hydrogens (primary N) is 1. The van der Waals surface area contributed by atoms with Gasteiger partial charge in [-0.3, -0.25) is 14.6 Å². The zero-order valence-corrected chi connectivity index (χ0v) is 12.1. The zero-order valence-electron chi connectivity index (χ0n) is 12.1. The molecule has 22 heavy (non-hydrogen) atoms. The van der Waals surface area contributed by atoms with Gasteiger partial charge in [0.25, 0.3) is 5.91 Å². The van der Waals surface area contributed by atoms with E-state index in [1.165, 1.54) is 0 Å². The number of pyridine rings is 1.